The normalized spacial score (nSPS) is 23.2. The first-order chi connectivity index (χ1) is 12.7. The van der Waals surface area contributed by atoms with Crippen LogP contribution >= 0.6 is 11.3 Å². The van der Waals surface area contributed by atoms with Crippen molar-refractivity contribution in [3.8, 4) is 0 Å². The van der Waals surface area contributed by atoms with Gasteiger partial charge in [-0.25, -0.2) is 4.98 Å². The fourth-order valence-electron chi connectivity index (χ4n) is 4.20. The third kappa shape index (κ3) is 5.95. The molecule has 1 aromatic heterocycles. The zero-order valence-corrected chi connectivity index (χ0v) is 17.3. The minimum atomic E-state index is 0.519. The third-order valence-corrected chi connectivity index (χ3v) is 6.47. The summed E-state index contributed by atoms with van der Waals surface area (Å²) in [6, 6.07) is 1.34. The molecule has 2 N–H and O–H groups in total. The van der Waals surface area contributed by atoms with Crippen LogP contribution in [0.25, 0.3) is 0 Å². The SMILES string of the molecule is CCNC(=NCCc1ncc(C)s1)NC1CCCN(C2CCCCC2)C1. The van der Waals surface area contributed by atoms with Gasteiger partial charge in [0.05, 0.1) is 5.01 Å². The van der Waals surface area contributed by atoms with Crippen LogP contribution in [0.4, 0.5) is 0 Å². The monoisotopic (exact) mass is 377 g/mol. The Hall–Kier alpha value is -1.14. The van der Waals surface area contributed by atoms with Gasteiger partial charge in [0.15, 0.2) is 5.96 Å². The number of piperidine rings is 1. The van der Waals surface area contributed by atoms with E-state index in [-0.39, 0.29) is 0 Å². The Morgan fingerprint density at radius 2 is 2.12 bits per heavy atom. The van der Waals surface area contributed by atoms with E-state index >= 15 is 0 Å². The molecule has 26 heavy (non-hydrogen) atoms. The maximum absolute atomic E-state index is 4.79. The number of likely N-dealkylation sites (tertiary alicyclic amines) is 1. The second kappa shape index (κ2) is 10.3. The maximum atomic E-state index is 4.79. The smallest absolute Gasteiger partial charge is 0.191 e. The third-order valence-electron chi connectivity index (χ3n) is 5.49. The predicted molar refractivity (Wildman–Crippen MR) is 111 cm³/mol. The molecule has 6 heteroatoms. The molecule has 2 fully saturated rings. The van der Waals surface area contributed by atoms with Gasteiger partial charge in [-0.3, -0.25) is 9.89 Å². The van der Waals surface area contributed by atoms with Crippen molar-refractivity contribution in [2.45, 2.75) is 77.3 Å². The number of aliphatic imine (C=N–C) groups is 1. The van der Waals surface area contributed by atoms with Gasteiger partial charge in [0, 0.05) is 49.2 Å². The van der Waals surface area contributed by atoms with Crippen LogP contribution in [0.2, 0.25) is 0 Å². The first kappa shape index (κ1) is 19.6. The lowest BCUT2D eigenvalue weighted by atomic mass is 9.92. The summed E-state index contributed by atoms with van der Waals surface area (Å²) in [4.78, 5) is 13.2. The molecule has 1 atom stereocenters. The van der Waals surface area contributed by atoms with Crippen LogP contribution in [0.1, 0.15) is 61.8 Å². The van der Waals surface area contributed by atoms with E-state index in [9.17, 15) is 0 Å². The molecule has 2 heterocycles. The summed E-state index contributed by atoms with van der Waals surface area (Å²) in [5.74, 6) is 0.969. The molecule has 0 spiro atoms. The number of aromatic nitrogens is 1. The van der Waals surface area contributed by atoms with Gasteiger partial charge in [-0.1, -0.05) is 19.3 Å². The van der Waals surface area contributed by atoms with Gasteiger partial charge in [0.25, 0.3) is 0 Å². The Morgan fingerprint density at radius 1 is 1.27 bits per heavy atom. The molecule has 146 valence electrons. The molecule has 5 nitrogen and oxygen atoms in total. The largest absolute Gasteiger partial charge is 0.357 e. The number of rotatable bonds is 6. The Labute approximate surface area is 162 Å². The standard InChI is InChI=1S/C20H35N5S/c1-3-21-20(22-12-11-19-23-14-16(2)26-19)24-17-8-7-13-25(15-17)18-9-5-4-6-10-18/h14,17-18H,3-13,15H2,1-2H3,(H2,21,22,24). The second-order valence-corrected chi connectivity index (χ2v) is 8.96. The van der Waals surface area contributed by atoms with Crippen LogP contribution in [0.15, 0.2) is 11.2 Å². The van der Waals surface area contributed by atoms with Crippen molar-refractivity contribution in [2.24, 2.45) is 4.99 Å². The highest BCUT2D eigenvalue weighted by atomic mass is 32.1. The fourth-order valence-corrected chi connectivity index (χ4v) is 4.97. The number of hydrogen-bond acceptors (Lipinski definition) is 4. The topological polar surface area (TPSA) is 52.6 Å². The molecular formula is C20H35N5S. The number of nitrogens with one attached hydrogen (secondary N) is 2. The highest BCUT2D eigenvalue weighted by molar-refractivity contribution is 7.11. The summed E-state index contributed by atoms with van der Waals surface area (Å²) in [7, 11) is 0. The van der Waals surface area contributed by atoms with E-state index in [2.05, 4.69) is 34.4 Å². The van der Waals surface area contributed by atoms with E-state index < -0.39 is 0 Å². The molecule has 1 saturated heterocycles. The van der Waals surface area contributed by atoms with E-state index in [1.54, 1.807) is 11.3 Å². The molecule has 1 saturated carbocycles. The zero-order valence-electron chi connectivity index (χ0n) is 16.5. The van der Waals surface area contributed by atoms with E-state index in [0.717, 1.165) is 31.5 Å². The van der Waals surface area contributed by atoms with Crippen molar-refractivity contribution >= 4 is 17.3 Å². The number of thiazole rings is 1. The predicted octanol–water partition coefficient (Wildman–Crippen LogP) is 3.35. The molecule has 1 aliphatic heterocycles. The average molecular weight is 378 g/mol. The molecule has 1 unspecified atom stereocenters. The van der Waals surface area contributed by atoms with Crippen LogP contribution in [-0.2, 0) is 6.42 Å². The summed E-state index contributed by atoms with van der Waals surface area (Å²) in [6.45, 7) is 8.39. The fraction of sp³-hybridized carbons (Fsp3) is 0.800. The Kier molecular flexibility index (Phi) is 7.74. The van der Waals surface area contributed by atoms with Crippen LogP contribution in [-0.4, -0.2) is 54.1 Å². The zero-order chi connectivity index (χ0) is 18.2. The molecule has 0 radical (unpaired) electrons. The van der Waals surface area contributed by atoms with E-state index in [1.807, 2.05) is 6.20 Å². The average Bonchev–Trinajstić information content (AvgIpc) is 3.08. The Bertz CT molecular complexity index is 564. The van der Waals surface area contributed by atoms with Crippen molar-refractivity contribution in [3.63, 3.8) is 0 Å². The summed E-state index contributed by atoms with van der Waals surface area (Å²) in [6.07, 6.45) is 12.5. The molecule has 2 aliphatic rings. The first-order valence-electron chi connectivity index (χ1n) is 10.4. The van der Waals surface area contributed by atoms with Gasteiger partial charge in [-0.05, 0) is 46.1 Å². The second-order valence-electron chi connectivity index (χ2n) is 7.65. The summed E-state index contributed by atoms with van der Waals surface area (Å²) in [5.41, 5.74) is 0. The number of nitrogens with zero attached hydrogens (tertiary/aromatic N) is 3. The minimum absolute atomic E-state index is 0.519. The molecule has 3 rings (SSSR count). The quantitative estimate of drug-likeness (QED) is 0.590. The van der Waals surface area contributed by atoms with Gasteiger partial charge in [-0.2, -0.15) is 0 Å². The van der Waals surface area contributed by atoms with Crippen LogP contribution in [0.3, 0.4) is 0 Å². The molecule has 0 bridgehead atoms. The molecule has 0 amide bonds. The van der Waals surface area contributed by atoms with Crippen LogP contribution < -0.4 is 10.6 Å². The van der Waals surface area contributed by atoms with Crippen molar-refractivity contribution in [1.29, 1.82) is 0 Å². The van der Waals surface area contributed by atoms with Crippen molar-refractivity contribution < 1.29 is 0 Å². The Balaban J connectivity index is 1.50. The van der Waals surface area contributed by atoms with E-state index in [0.29, 0.717) is 6.04 Å². The summed E-state index contributed by atoms with van der Waals surface area (Å²) < 4.78 is 0. The maximum Gasteiger partial charge on any atom is 0.191 e. The van der Waals surface area contributed by atoms with E-state index in [1.165, 1.54) is 67.9 Å². The lowest BCUT2D eigenvalue weighted by molar-refractivity contribution is 0.115. The van der Waals surface area contributed by atoms with Gasteiger partial charge in [-0.15, -0.1) is 11.3 Å². The highest BCUT2D eigenvalue weighted by Crippen LogP contribution is 2.25. The number of aryl methyl sites for hydroxylation is 1. The van der Waals surface area contributed by atoms with Gasteiger partial charge in [0.2, 0.25) is 0 Å². The van der Waals surface area contributed by atoms with Gasteiger partial charge >= 0.3 is 0 Å². The van der Waals surface area contributed by atoms with Crippen molar-refractivity contribution in [3.05, 3.63) is 16.1 Å². The van der Waals surface area contributed by atoms with Gasteiger partial charge in [0.1, 0.15) is 0 Å². The van der Waals surface area contributed by atoms with Crippen LogP contribution in [0, 0.1) is 6.92 Å². The highest BCUT2D eigenvalue weighted by Gasteiger charge is 2.27. The molecule has 0 aromatic carbocycles. The van der Waals surface area contributed by atoms with E-state index in [4.69, 9.17) is 4.99 Å². The van der Waals surface area contributed by atoms with Crippen molar-refractivity contribution in [1.82, 2.24) is 20.5 Å². The summed E-state index contributed by atoms with van der Waals surface area (Å²) in [5, 5.41) is 8.30. The van der Waals surface area contributed by atoms with Crippen molar-refractivity contribution in [2.75, 3.05) is 26.2 Å². The number of guanidine groups is 1. The first-order valence-corrected chi connectivity index (χ1v) is 11.3. The number of hydrogen-bond donors (Lipinski definition) is 2. The lowest BCUT2D eigenvalue weighted by Crippen LogP contribution is -2.53. The molecule has 1 aromatic rings. The van der Waals surface area contributed by atoms with Gasteiger partial charge < -0.3 is 10.6 Å². The van der Waals surface area contributed by atoms with Crippen LogP contribution in [0.5, 0.6) is 0 Å². The Morgan fingerprint density at radius 3 is 2.85 bits per heavy atom. The minimum Gasteiger partial charge on any atom is -0.357 e. The summed E-state index contributed by atoms with van der Waals surface area (Å²) >= 11 is 1.78. The molecule has 1 aliphatic carbocycles. The lowest BCUT2D eigenvalue weighted by Gasteiger charge is -2.40. The molecular weight excluding hydrogens is 342 g/mol.